The van der Waals surface area contributed by atoms with Crippen LogP contribution in [0, 0.1) is 0 Å². The van der Waals surface area contributed by atoms with E-state index in [4.69, 9.17) is 4.74 Å². The third kappa shape index (κ3) is 3.62. The third-order valence-electron chi connectivity index (χ3n) is 2.11. The Morgan fingerprint density at radius 3 is 2.47 bits per heavy atom. The molecule has 0 fully saturated rings. The van der Waals surface area contributed by atoms with Gasteiger partial charge >= 0.3 is 0 Å². The van der Waals surface area contributed by atoms with Gasteiger partial charge < -0.3 is 10.1 Å². The molecule has 0 unspecified atom stereocenters. The van der Waals surface area contributed by atoms with Crippen molar-refractivity contribution in [3.05, 3.63) is 29.8 Å². The lowest BCUT2D eigenvalue weighted by molar-refractivity contribution is -0.119. The molecular formula is C12H17NO2. The van der Waals surface area contributed by atoms with Crippen molar-refractivity contribution in [3.8, 4) is 5.75 Å². The first-order valence-electron chi connectivity index (χ1n) is 5.13. The Balaban J connectivity index is 2.66. The summed E-state index contributed by atoms with van der Waals surface area (Å²) in [7, 11) is 0. The normalized spacial score (nSPS) is 11.9. The summed E-state index contributed by atoms with van der Waals surface area (Å²) in [5.41, 5.74) is 1.08. The van der Waals surface area contributed by atoms with E-state index in [9.17, 15) is 4.79 Å². The number of hydrogen-bond donors (Lipinski definition) is 1. The van der Waals surface area contributed by atoms with Gasteiger partial charge in [0.2, 0.25) is 5.91 Å². The van der Waals surface area contributed by atoms with Gasteiger partial charge in [0.1, 0.15) is 5.75 Å². The van der Waals surface area contributed by atoms with Crippen LogP contribution < -0.4 is 10.1 Å². The number of carbonyl (C=O) groups excluding carboxylic acids is 1. The minimum atomic E-state index is -0.0172. The monoisotopic (exact) mass is 207 g/mol. The summed E-state index contributed by atoms with van der Waals surface area (Å²) in [5, 5.41) is 2.83. The average molecular weight is 207 g/mol. The molecule has 1 rings (SSSR count). The summed E-state index contributed by atoms with van der Waals surface area (Å²) < 4.78 is 5.33. The number of amides is 1. The van der Waals surface area contributed by atoms with Crippen molar-refractivity contribution in [1.29, 1.82) is 0 Å². The van der Waals surface area contributed by atoms with Crippen molar-refractivity contribution in [2.45, 2.75) is 26.8 Å². The zero-order valence-electron chi connectivity index (χ0n) is 9.41. The van der Waals surface area contributed by atoms with Crippen molar-refractivity contribution in [2.24, 2.45) is 0 Å². The Kier molecular flexibility index (Phi) is 4.16. The molecule has 0 aromatic heterocycles. The zero-order valence-corrected chi connectivity index (χ0v) is 9.41. The summed E-state index contributed by atoms with van der Waals surface area (Å²) in [6.45, 7) is 6.09. The highest BCUT2D eigenvalue weighted by Gasteiger charge is 2.05. The number of carbonyl (C=O) groups is 1. The van der Waals surface area contributed by atoms with Crippen molar-refractivity contribution in [2.75, 3.05) is 6.61 Å². The number of hydrogen-bond acceptors (Lipinski definition) is 2. The summed E-state index contributed by atoms with van der Waals surface area (Å²) in [6, 6.07) is 7.80. The molecule has 1 atom stereocenters. The Hall–Kier alpha value is -1.51. The van der Waals surface area contributed by atoms with Crippen LogP contribution in [0.4, 0.5) is 0 Å². The summed E-state index contributed by atoms with van der Waals surface area (Å²) in [6.07, 6.45) is 0. The van der Waals surface area contributed by atoms with E-state index < -0.39 is 0 Å². The van der Waals surface area contributed by atoms with Gasteiger partial charge in [-0.15, -0.1) is 0 Å². The topological polar surface area (TPSA) is 38.3 Å². The first-order chi connectivity index (χ1) is 7.13. The van der Waals surface area contributed by atoms with E-state index in [1.54, 1.807) is 0 Å². The van der Waals surface area contributed by atoms with Gasteiger partial charge in [-0.3, -0.25) is 4.79 Å². The van der Waals surface area contributed by atoms with E-state index in [0.717, 1.165) is 11.3 Å². The molecule has 1 N–H and O–H groups in total. The minimum Gasteiger partial charge on any atom is -0.494 e. The third-order valence-corrected chi connectivity index (χ3v) is 2.11. The first-order valence-corrected chi connectivity index (χ1v) is 5.13. The van der Waals surface area contributed by atoms with Crippen molar-refractivity contribution >= 4 is 5.91 Å². The number of rotatable bonds is 4. The largest absolute Gasteiger partial charge is 0.494 e. The molecule has 0 saturated heterocycles. The minimum absolute atomic E-state index is 0.0172. The highest BCUT2D eigenvalue weighted by molar-refractivity contribution is 5.73. The van der Waals surface area contributed by atoms with Crippen LogP contribution in [0.3, 0.4) is 0 Å². The van der Waals surface area contributed by atoms with Gasteiger partial charge in [-0.1, -0.05) is 12.1 Å². The Morgan fingerprint density at radius 2 is 2.00 bits per heavy atom. The highest BCUT2D eigenvalue weighted by atomic mass is 16.5. The molecule has 0 aliphatic heterocycles. The fourth-order valence-corrected chi connectivity index (χ4v) is 1.41. The fraction of sp³-hybridized carbons (Fsp3) is 0.417. The second-order valence-corrected chi connectivity index (χ2v) is 3.42. The lowest BCUT2D eigenvalue weighted by atomic mass is 10.1. The van der Waals surface area contributed by atoms with Gasteiger partial charge in [0, 0.05) is 6.92 Å². The molecule has 0 radical (unpaired) electrons. The van der Waals surface area contributed by atoms with Gasteiger partial charge in [-0.2, -0.15) is 0 Å². The first kappa shape index (κ1) is 11.6. The van der Waals surface area contributed by atoms with Crippen LogP contribution in [0.25, 0.3) is 0 Å². The molecule has 1 amide bonds. The Morgan fingerprint density at radius 1 is 1.40 bits per heavy atom. The maximum Gasteiger partial charge on any atom is 0.217 e. The van der Waals surface area contributed by atoms with Gasteiger partial charge in [0.15, 0.2) is 0 Å². The van der Waals surface area contributed by atoms with Crippen LogP contribution in [0.5, 0.6) is 5.75 Å². The van der Waals surface area contributed by atoms with Crippen molar-refractivity contribution in [3.63, 3.8) is 0 Å². The van der Waals surface area contributed by atoms with E-state index >= 15 is 0 Å². The van der Waals surface area contributed by atoms with Crippen molar-refractivity contribution < 1.29 is 9.53 Å². The quantitative estimate of drug-likeness (QED) is 0.822. The average Bonchev–Trinajstić information content (AvgIpc) is 2.18. The van der Waals surface area contributed by atoms with Gasteiger partial charge in [-0.25, -0.2) is 0 Å². The summed E-state index contributed by atoms with van der Waals surface area (Å²) in [4.78, 5) is 10.9. The van der Waals surface area contributed by atoms with E-state index in [0.29, 0.717) is 6.61 Å². The molecule has 0 bridgehead atoms. The molecule has 0 heterocycles. The predicted molar refractivity (Wildman–Crippen MR) is 59.8 cm³/mol. The molecule has 15 heavy (non-hydrogen) atoms. The Bertz CT molecular complexity index is 319. The molecule has 0 spiro atoms. The van der Waals surface area contributed by atoms with Crippen LogP contribution in [-0.4, -0.2) is 12.5 Å². The summed E-state index contributed by atoms with van der Waals surface area (Å²) in [5.74, 6) is 0.840. The van der Waals surface area contributed by atoms with Crippen LogP contribution in [0.15, 0.2) is 24.3 Å². The molecule has 3 nitrogen and oxygen atoms in total. The van der Waals surface area contributed by atoms with Crippen LogP contribution in [0.1, 0.15) is 32.4 Å². The number of ether oxygens (including phenoxy) is 1. The maximum atomic E-state index is 10.9. The molecule has 1 aromatic carbocycles. The van der Waals surface area contributed by atoms with E-state index in [2.05, 4.69) is 5.32 Å². The zero-order chi connectivity index (χ0) is 11.3. The van der Waals surface area contributed by atoms with Crippen LogP contribution in [-0.2, 0) is 4.79 Å². The lowest BCUT2D eigenvalue weighted by Gasteiger charge is -2.13. The second-order valence-electron chi connectivity index (χ2n) is 3.42. The van der Waals surface area contributed by atoms with Crippen molar-refractivity contribution in [1.82, 2.24) is 5.32 Å². The number of nitrogens with one attached hydrogen (secondary N) is 1. The van der Waals surface area contributed by atoms with Gasteiger partial charge in [0.25, 0.3) is 0 Å². The molecule has 3 heteroatoms. The van der Waals surface area contributed by atoms with Crippen LogP contribution in [0.2, 0.25) is 0 Å². The SMILES string of the molecule is CCOc1ccc([C@H](C)NC(C)=O)cc1. The predicted octanol–water partition coefficient (Wildman–Crippen LogP) is 2.28. The molecular weight excluding hydrogens is 190 g/mol. The Labute approximate surface area is 90.4 Å². The molecule has 82 valence electrons. The standard InChI is InChI=1S/C12H17NO2/c1-4-15-12-7-5-11(6-8-12)9(2)13-10(3)14/h5-9H,4H2,1-3H3,(H,13,14)/t9-/m0/s1. The molecule has 0 aliphatic rings. The van der Waals surface area contributed by atoms with E-state index in [1.165, 1.54) is 6.92 Å². The molecule has 0 aliphatic carbocycles. The molecule has 0 saturated carbocycles. The lowest BCUT2D eigenvalue weighted by Crippen LogP contribution is -2.23. The smallest absolute Gasteiger partial charge is 0.217 e. The molecule has 1 aromatic rings. The summed E-state index contributed by atoms with van der Waals surface area (Å²) >= 11 is 0. The van der Waals surface area contributed by atoms with Gasteiger partial charge in [-0.05, 0) is 31.5 Å². The van der Waals surface area contributed by atoms with E-state index in [-0.39, 0.29) is 11.9 Å². The van der Waals surface area contributed by atoms with Crippen LogP contribution >= 0.6 is 0 Å². The van der Waals surface area contributed by atoms with Gasteiger partial charge in [0.05, 0.1) is 12.6 Å². The highest BCUT2D eigenvalue weighted by Crippen LogP contribution is 2.17. The fourth-order valence-electron chi connectivity index (χ4n) is 1.41. The number of benzene rings is 1. The van der Waals surface area contributed by atoms with E-state index in [1.807, 2.05) is 38.1 Å². The second kappa shape index (κ2) is 5.39. The maximum absolute atomic E-state index is 10.9.